The smallest absolute Gasteiger partial charge is 0.305 e. The zero-order chi connectivity index (χ0) is 14.5. The molecule has 1 N–H and O–H groups in total. The Labute approximate surface area is 120 Å². The van der Waals surface area contributed by atoms with Crippen LogP contribution >= 0.6 is 0 Å². The lowest BCUT2D eigenvalue weighted by molar-refractivity contribution is -0.138. The van der Waals surface area contributed by atoms with Gasteiger partial charge in [-0.3, -0.25) is 9.69 Å². The minimum absolute atomic E-state index is 0.0302. The average molecular weight is 277 g/mol. The number of aryl methyl sites for hydroxylation is 1. The summed E-state index contributed by atoms with van der Waals surface area (Å²) in [5, 5.41) is 9.19. The van der Waals surface area contributed by atoms with Gasteiger partial charge >= 0.3 is 5.97 Å². The van der Waals surface area contributed by atoms with Crippen LogP contribution in [0.5, 0.6) is 5.75 Å². The first-order valence-electron chi connectivity index (χ1n) is 7.22. The van der Waals surface area contributed by atoms with Crippen molar-refractivity contribution < 1.29 is 14.6 Å². The van der Waals surface area contributed by atoms with Crippen molar-refractivity contribution in [2.45, 2.75) is 38.6 Å². The number of carboxylic acids is 1. The van der Waals surface area contributed by atoms with Gasteiger partial charge in [-0.1, -0.05) is 18.6 Å². The Morgan fingerprint density at radius 1 is 1.35 bits per heavy atom. The second-order valence-corrected chi connectivity index (χ2v) is 5.44. The van der Waals surface area contributed by atoms with Crippen molar-refractivity contribution in [3.63, 3.8) is 0 Å². The lowest BCUT2D eigenvalue weighted by Gasteiger charge is -2.34. The van der Waals surface area contributed by atoms with Crippen molar-refractivity contribution in [2.75, 3.05) is 20.2 Å². The lowest BCUT2D eigenvalue weighted by Crippen LogP contribution is -2.35. The van der Waals surface area contributed by atoms with E-state index in [4.69, 9.17) is 4.74 Å². The van der Waals surface area contributed by atoms with Gasteiger partial charge in [0.05, 0.1) is 13.5 Å². The summed E-state index contributed by atoms with van der Waals surface area (Å²) in [5.74, 6) is 0.107. The van der Waals surface area contributed by atoms with Gasteiger partial charge in [-0.25, -0.2) is 0 Å². The van der Waals surface area contributed by atoms with E-state index in [1.165, 1.54) is 6.42 Å². The molecule has 2 rings (SSSR count). The zero-order valence-corrected chi connectivity index (χ0v) is 12.3. The number of piperidine rings is 1. The highest BCUT2D eigenvalue weighted by Gasteiger charge is 2.25. The first kappa shape index (κ1) is 14.9. The Morgan fingerprint density at radius 2 is 2.05 bits per heavy atom. The minimum Gasteiger partial charge on any atom is -0.496 e. The minimum atomic E-state index is -0.742. The average Bonchev–Trinajstić information content (AvgIpc) is 2.45. The predicted octanol–water partition coefficient (Wildman–Crippen LogP) is 3.01. The molecule has 0 bridgehead atoms. The van der Waals surface area contributed by atoms with Crippen LogP contribution in [0.3, 0.4) is 0 Å². The van der Waals surface area contributed by atoms with Crippen LogP contribution in [0.25, 0.3) is 0 Å². The van der Waals surface area contributed by atoms with Gasteiger partial charge in [-0.15, -0.1) is 0 Å². The Morgan fingerprint density at radius 3 is 2.60 bits per heavy atom. The summed E-state index contributed by atoms with van der Waals surface area (Å²) in [5.41, 5.74) is 2.13. The molecule has 4 heteroatoms. The van der Waals surface area contributed by atoms with Gasteiger partial charge < -0.3 is 9.84 Å². The molecular weight excluding hydrogens is 254 g/mol. The fraction of sp³-hybridized carbons (Fsp3) is 0.562. The van der Waals surface area contributed by atoms with Crippen molar-refractivity contribution in [3.8, 4) is 5.75 Å². The summed E-state index contributed by atoms with van der Waals surface area (Å²) in [4.78, 5) is 13.5. The highest BCUT2D eigenvalue weighted by atomic mass is 16.5. The number of carbonyl (C=O) groups is 1. The van der Waals surface area contributed by atoms with Crippen molar-refractivity contribution in [2.24, 2.45) is 0 Å². The van der Waals surface area contributed by atoms with Gasteiger partial charge in [-0.2, -0.15) is 0 Å². The highest BCUT2D eigenvalue weighted by molar-refractivity contribution is 5.68. The Bertz CT molecular complexity index is 467. The molecule has 1 fully saturated rings. The topological polar surface area (TPSA) is 49.8 Å². The van der Waals surface area contributed by atoms with E-state index in [9.17, 15) is 9.90 Å². The molecule has 1 aromatic carbocycles. The highest BCUT2D eigenvalue weighted by Crippen LogP contribution is 2.30. The summed E-state index contributed by atoms with van der Waals surface area (Å²) < 4.78 is 5.28. The third-order valence-electron chi connectivity index (χ3n) is 4.00. The lowest BCUT2D eigenvalue weighted by atomic mass is 9.97. The van der Waals surface area contributed by atoms with Crippen molar-refractivity contribution in [1.29, 1.82) is 0 Å². The Kier molecular flexibility index (Phi) is 5.01. The van der Waals surface area contributed by atoms with Crippen molar-refractivity contribution >= 4 is 5.97 Å². The number of carboxylic acid groups (broad SMARTS) is 1. The van der Waals surface area contributed by atoms with E-state index in [1.807, 2.05) is 19.1 Å². The van der Waals surface area contributed by atoms with E-state index >= 15 is 0 Å². The van der Waals surface area contributed by atoms with E-state index < -0.39 is 5.97 Å². The van der Waals surface area contributed by atoms with E-state index in [0.29, 0.717) is 0 Å². The number of hydrogen-bond acceptors (Lipinski definition) is 3. The molecule has 1 unspecified atom stereocenters. The molecule has 0 spiro atoms. The first-order valence-corrected chi connectivity index (χ1v) is 7.22. The molecule has 1 aromatic rings. The Hall–Kier alpha value is -1.55. The second-order valence-electron chi connectivity index (χ2n) is 5.44. The standard InChI is InChI=1S/C16H23NO3/c1-12-10-13(6-7-15(12)20-2)14(11-16(18)19)17-8-4-3-5-9-17/h6-7,10,14H,3-5,8-9,11H2,1-2H3,(H,18,19). The molecular formula is C16H23NO3. The van der Waals surface area contributed by atoms with E-state index in [-0.39, 0.29) is 12.5 Å². The summed E-state index contributed by atoms with van der Waals surface area (Å²) in [6.07, 6.45) is 3.72. The Balaban J connectivity index is 2.25. The maximum atomic E-state index is 11.2. The first-order chi connectivity index (χ1) is 9.61. The summed E-state index contributed by atoms with van der Waals surface area (Å²) in [6, 6.07) is 5.95. The monoisotopic (exact) mass is 277 g/mol. The predicted molar refractivity (Wildman–Crippen MR) is 78.1 cm³/mol. The van der Waals surface area contributed by atoms with Gasteiger partial charge in [0.25, 0.3) is 0 Å². The van der Waals surface area contributed by atoms with Crippen molar-refractivity contribution in [1.82, 2.24) is 4.90 Å². The number of likely N-dealkylation sites (tertiary alicyclic amines) is 1. The largest absolute Gasteiger partial charge is 0.496 e. The van der Waals surface area contributed by atoms with Gasteiger partial charge in [0.2, 0.25) is 0 Å². The molecule has 0 saturated carbocycles. The molecule has 1 aliphatic rings. The normalized spacial score (nSPS) is 17.7. The van der Waals surface area contributed by atoms with Crippen LogP contribution in [0.1, 0.15) is 42.9 Å². The second kappa shape index (κ2) is 6.75. The van der Waals surface area contributed by atoms with Crippen molar-refractivity contribution in [3.05, 3.63) is 29.3 Å². The van der Waals surface area contributed by atoms with Gasteiger partial charge in [0, 0.05) is 6.04 Å². The van der Waals surface area contributed by atoms with E-state index in [0.717, 1.165) is 42.8 Å². The number of rotatable bonds is 5. The molecule has 4 nitrogen and oxygen atoms in total. The summed E-state index contributed by atoms with van der Waals surface area (Å²) >= 11 is 0. The van der Waals surface area contributed by atoms with Crippen LogP contribution in [-0.2, 0) is 4.79 Å². The SMILES string of the molecule is COc1ccc(C(CC(=O)O)N2CCCCC2)cc1C. The number of hydrogen-bond donors (Lipinski definition) is 1. The number of ether oxygens (including phenoxy) is 1. The number of nitrogens with zero attached hydrogens (tertiary/aromatic N) is 1. The maximum absolute atomic E-state index is 11.2. The summed E-state index contributed by atoms with van der Waals surface area (Å²) in [6.45, 7) is 3.97. The number of methoxy groups -OCH3 is 1. The van der Waals surface area contributed by atoms with E-state index in [1.54, 1.807) is 7.11 Å². The molecule has 0 amide bonds. The molecule has 0 aliphatic carbocycles. The fourth-order valence-electron chi connectivity index (χ4n) is 2.96. The third-order valence-corrected chi connectivity index (χ3v) is 4.00. The molecule has 1 saturated heterocycles. The molecule has 1 atom stereocenters. The van der Waals surface area contributed by atoms with Crippen LogP contribution in [0.15, 0.2) is 18.2 Å². The summed E-state index contributed by atoms with van der Waals surface area (Å²) in [7, 11) is 1.65. The molecule has 0 radical (unpaired) electrons. The number of aliphatic carboxylic acids is 1. The number of benzene rings is 1. The third kappa shape index (κ3) is 3.51. The van der Waals surface area contributed by atoms with Crippen LogP contribution in [0.2, 0.25) is 0 Å². The fourth-order valence-corrected chi connectivity index (χ4v) is 2.96. The maximum Gasteiger partial charge on any atom is 0.305 e. The van der Waals surface area contributed by atoms with Crippen LogP contribution in [0, 0.1) is 6.92 Å². The van der Waals surface area contributed by atoms with E-state index in [2.05, 4.69) is 11.0 Å². The van der Waals surface area contributed by atoms with Crippen LogP contribution in [0.4, 0.5) is 0 Å². The molecule has 20 heavy (non-hydrogen) atoms. The quantitative estimate of drug-likeness (QED) is 0.899. The molecule has 110 valence electrons. The molecule has 1 aliphatic heterocycles. The van der Waals surface area contributed by atoms with Gasteiger partial charge in [0.15, 0.2) is 0 Å². The molecule has 0 aromatic heterocycles. The van der Waals surface area contributed by atoms with Crippen LogP contribution < -0.4 is 4.74 Å². The van der Waals surface area contributed by atoms with Crippen LogP contribution in [-0.4, -0.2) is 36.2 Å². The zero-order valence-electron chi connectivity index (χ0n) is 12.3. The van der Waals surface area contributed by atoms with Gasteiger partial charge in [-0.05, 0) is 50.0 Å². The van der Waals surface area contributed by atoms with Gasteiger partial charge in [0.1, 0.15) is 5.75 Å². The molecule has 1 heterocycles.